The molecule has 4 aromatic rings. The van der Waals surface area contributed by atoms with Gasteiger partial charge in [-0.3, -0.25) is 0 Å². The average molecular weight is 490 g/mol. The third-order valence-electron chi connectivity index (χ3n) is 6.47. The summed E-state index contributed by atoms with van der Waals surface area (Å²) in [6.45, 7) is 8.90. The van der Waals surface area contributed by atoms with Crippen LogP contribution < -0.4 is 9.80 Å². The normalized spacial score (nSPS) is 13.9. The lowest BCUT2D eigenvalue weighted by molar-refractivity contribution is 0.573. The van der Waals surface area contributed by atoms with Gasteiger partial charge in [0.2, 0.25) is 0 Å². The van der Waals surface area contributed by atoms with Crippen molar-refractivity contribution >= 4 is 33.6 Å². The first-order chi connectivity index (χ1) is 17.0. The molecule has 4 heterocycles. The van der Waals surface area contributed by atoms with Crippen LogP contribution >= 0.6 is 11.3 Å². The maximum atomic E-state index is 13.5. The van der Waals surface area contributed by atoms with E-state index < -0.39 is 0 Å². The third kappa shape index (κ3) is 4.23. The van der Waals surface area contributed by atoms with Crippen molar-refractivity contribution in [2.75, 3.05) is 29.4 Å². The number of halogens is 1. The maximum absolute atomic E-state index is 13.5. The molecule has 1 aliphatic heterocycles. The number of aryl methyl sites for hydroxylation is 2. The number of thiazole rings is 1. The summed E-state index contributed by atoms with van der Waals surface area (Å²) in [5.41, 5.74) is 5.01. The maximum Gasteiger partial charge on any atom is 0.191 e. The van der Waals surface area contributed by atoms with Gasteiger partial charge in [0.1, 0.15) is 34.0 Å². The Kier molecular flexibility index (Phi) is 6.39. The summed E-state index contributed by atoms with van der Waals surface area (Å²) in [6.07, 6.45) is 4.37. The monoisotopic (exact) mass is 489 g/mol. The smallest absolute Gasteiger partial charge is 0.191 e. The lowest BCUT2D eigenvalue weighted by atomic mass is 10.1. The quantitative estimate of drug-likeness (QED) is 0.337. The van der Waals surface area contributed by atoms with Crippen molar-refractivity contribution in [2.45, 2.75) is 46.5 Å². The minimum atomic E-state index is -0.317. The third-order valence-corrected chi connectivity index (χ3v) is 7.45. The van der Waals surface area contributed by atoms with Gasteiger partial charge in [0, 0.05) is 37.0 Å². The van der Waals surface area contributed by atoms with Crippen molar-refractivity contribution < 1.29 is 4.39 Å². The van der Waals surface area contributed by atoms with Crippen LogP contribution in [0.4, 0.5) is 21.0 Å². The number of piperidine rings is 1. The molecule has 0 unspecified atom stereocenters. The first-order valence-electron chi connectivity index (χ1n) is 12.1. The molecule has 9 heteroatoms. The van der Waals surface area contributed by atoms with Gasteiger partial charge < -0.3 is 9.80 Å². The van der Waals surface area contributed by atoms with Crippen LogP contribution in [-0.2, 0) is 6.42 Å². The molecule has 1 fully saturated rings. The molecular formula is C26H28FN7S. The van der Waals surface area contributed by atoms with Crippen molar-refractivity contribution in [2.24, 2.45) is 0 Å². The fourth-order valence-electron chi connectivity index (χ4n) is 4.67. The number of anilines is 3. The molecule has 0 N–H and O–H groups in total. The highest BCUT2D eigenvalue weighted by molar-refractivity contribution is 7.16. The minimum Gasteiger partial charge on any atom is -0.356 e. The molecule has 3 aromatic heterocycles. The van der Waals surface area contributed by atoms with Crippen molar-refractivity contribution in [3.8, 4) is 17.3 Å². The summed E-state index contributed by atoms with van der Waals surface area (Å²) in [4.78, 5) is 14.9. The van der Waals surface area contributed by atoms with Gasteiger partial charge >= 0.3 is 0 Å². The van der Waals surface area contributed by atoms with E-state index in [2.05, 4.69) is 42.7 Å². The Morgan fingerprint density at radius 1 is 1.11 bits per heavy atom. The second kappa shape index (κ2) is 9.62. The van der Waals surface area contributed by atoms with Gasteiger partial charge in [0.05, 0.1) is 5.69 Å². The summed E-state index contributed by atoms with van der Waals surface area (Å²) in [5.74, 6) is 0.668. The van der Waals surface area contributed by atoms with E-state index in [0.717, 1.165) is 53.6 Å². The number of nitriles is 1. The van der Waals surface area contributed by atoms with Crippen LogP contribution in [0, 0.1) is 24.1 Å². The molecule has 0 amide bonds. The molecule has 0 radical (unpaired) electrons. The lowest BCUT2D eigenvalue weighted by Crippen LogP contribution is -2.30. The van der Waals surface area contributed by atoms with Gasteiger partial charge in [-0.25, -0.2) is 18.9 Å². The van der Waals surface area contributed by atoms with E-state index >= 15 is 0 Å². The Hall–Kier alpha value is -3.51. The van der Waals surface area contributed by atoms with Gasteiger partial charge in [0.25, 0.3) is 0 Å². The van der Waals surface area contributed by atoms with E-state index in [9.17, 15) is 9.65 Å². The zero-order valence-electron chi connectivity index (χ0n) is 20.3. The molecule has 0 saturated carbocycles. The number of hydrogen-bond acceptors (Lipinski definition) is 7. The van der Waals surface area contributed by atoms with Crippen LogP contribution in [0.5, 0.6) is 0 Å². The first kappa shape index (κ1) is 23.2. The number of aromatic nitrogens is 4. The van der Waals surface area contributed by atoms with Crippen LogP contribution in [0.3, 0.4) is 0 Å². The molecule has 0 bridgehead atoms. The number of benzene rings is 1. The Morgan fingerprint density at radius 3 is 2.51 bits per heavy atom. The van der Waals surface area contributed by atoms with E-state index in [1.807, 2.05) is 4.52 Å². The summed E-state index contributed by atoms with van der Waals surface area (Å²) in [7, 11) is 0. The van der Waals surface area contributed by atoms with E-state index in [1.165, 1.54) is 42.7 Å². The largest absolute Gasteiger partial charge is 0.356 e. The molecule has 1 saturated heterocycles. The highest BCUT2D eigenvalue weighted by atomic mass is 32.1. The molecule has 1 aliphatic rings. The molecule has 35 heavy (non-hydrogen) atoms. The second-order valence-corrected chi connectivity index (χ2v) is 9.70. The highest BCUT2D eigenvalue weighted by Crippen LogP contribution is 2.39. The van der Waals surface area contributed by atoms with Crippen molar-refractivity contribution in [1.82, 2.24) is 19.6 Å². The van der Waals surface area contributed by atoms with Crippen molar-refractivity contribution in [3.63, 3.8) is 0 Å². The molecular weight excluding hydrogens is 461 g/mol. The Bertz CT molecular complexity index is 1390. The van der Waals surface area contributed by atoms with Gasteiger partial charge in [-0.1, -0.05) is 18.3 Å². The molecule has 0 atom stereocenters. The fourth-order valence-corrected chi connectivity index (χ4v) is 5.63. The Morgan fingerprint density at radius 2 is 1.86 bits per heavy atom. The molecule has 7 nitrogen and oxygen atoms in total. The average Bonchev–Trinajstić information content (AvgIpc) is 3.48. The Labute approximate surface area is 208 Å². The topological polar surface area (TPSA) is 73.3 Å². The van der Waals surface area contributed by atoms with Crippen LogP contribution in [0.1, 0.15) is 49.4 Å². The van der Waals surface area contributed by atoms with E-state index in [4.69, 9.17) is 15.1 Å². The van der Waals surface area contributed by atoms with Gasteiger partial charge in [0.15, 0.2) is 10.8 Å². The van der Waals surface area contributed by atoms with E-state index in [-0.39, 0.29) is 5.82 Å². The van der Waals surface area contributed by atoms with Crippen LogP contribution in [-0.4, -0.2) is 39.2 Å². The van der Waals surface area contributed by atoms with Crippen molar-refractivity contribution in [3.05, 3.63) is 52.4 Å². The van der Waals surface area contributed by atoms with E-state index in [1.54, 1.807) is 12.1 Å². The first-order valence-corrected chi connectivity index (χ1v) is 12.9. The predicted molar refractivity (Wildman–Crippen MR) is 138 cm³/mol. The van der Waals surface area contributed by atoms with Gasteiger partial charge in [-0.2, -0.15) is 10.4 Å². The number of nitrogens with zero attached hydrogens (tertiary/aromatic N) is 7. The van der Waals surface area contributed by atoms with Gasteiger partial charge in [-0.05, 0) is 63.8 Å². The number of rotatable bonds is 6. The van der Waals surface area contributed by atoms with Crippen LogP contribution in [0.2, 0.25) is 0 Å². The number of fused-ring (bicyclic) bond motifs is 1. The van der Waals surface area contributed by atoms with E-state index in [0.29, 0.717) is 22.2 Å². The van der Waals surface area contributed by atoms with Crippen LogP contribution in [0.15, 0.2) is 30.3 Å². The molecule has 5 rings (SSSR count). The number of hydrogen-bond donors (Lipinski definition) is 0. The zero-order valence-corrected chi connectivity index (χ0v) is 21.1. The summed E-state index contributed by atoms with van der Waals surface area (Å²) < 4.78 is 15.4. The second-order valence-electron chi connectivity index (χ2n) is 8.72. The molecule has 180 valence electrons. The van der Waals surface area contributed by atoms with Crippen LogP contribution in [0.25, 0.3) is 16.9 Å². The summed E-state index contributed by atoms with van der Waals surface area (Å²) in [5, 5.41) is 15.4. The molecule has 0 aliphatic carbocycles. The lowest BCUT2D eigenvalue weighted by Gasteiger charge is -2.28. The van der Waals surface area contributed by atoms with Crippen molar-refractivity contribution in [1.29, 1.82) is 5.26 Å². The van der Waals surface area contributed by atoms with Gasteiger partial charge in [-0.15, -0.1) is 0 Å². The fraction of sp³-hybridized carbons (Fsp3) is 0.385. The highest BCUT2D eigenvalue weighted by Gasteiger charge is 2.26. The Balaban J connectivity index is 1.64. The summed E-state index contributed by atoms with van der Waals surface area (Å²) >= 11 is 1.34. The minimum absolute atomic E-state index is 0.317. The predicted octanol–water partition coefficient (Wildman–Crippen LogP) is 5.88. The SMILES string of the molecule is CCc1nn2c(C)cc(N3CCCCC3)nc2c1N(CC)c1nc(-c2ccc(F)cc2)c(C#N)s1. The standard InChI is InChI=1S/C26H28FN7S/c1-4-20-24(25-29-22(15-17(3)34(25)31-20)32-13-7-6-8-14-32)33(5-2)26-30-23(21(16-28)35-26)18-9-11-19(27)12-10-18/h9-12,15H,4-8,13-14H2,1-3H3. The molecule has 0 spiro atoms. The zero-order chi connectivity index (χ0) is 24.5. The summed E-state index contributed by atoms with van der Waals surface area (Å²) in [6, 6.07) is 10.5. The molecule has 1 aromatic carbocycles.